The summed E-state index contributed by atoms with van der Waals surface area (Å²) >= 11 is 0. The number of likely N-dealkylation sites (N-methyl/N-ethyl adjacent to an activating group) is 1. The Labute approximate surface area is 198 Å². The highest BCUT2D eigenvalue weighted by Crippen LogP contribution is 2.48. The van der Waals surface area contributed by atoms with Gasteiger partial charge >= 0.3 is 0 Å². The molecule has 2 atom stereocenters. The molecule has 2 fully saturated rings. The summed E-state index contributed by atoms with van der Waals surface area (Å²) in [6.45, 7) is 3.16. The van der Waals surface area contributed by atoms with Gasteiger partial charge in [0, 0.05) is 37.7 Å². The number of carbonyl (C=O) groups excluding carboxylic acids is 2. The monoisotopic (exact) mass is 457 g/mol. The maximum absolute atomic E-state index is 12.4. The fourth-order valence-corrected chi connectivity index (χ4v) is 5.54. The molecule has 2 aromatic rings. The Kier molecular flexibility index (Phi) is 4.70. The Bertz CT molecular complexity index is 1320. The lowest BCUT2D eigenvalue weighted by molar-refractivity contribution is -0.137. The molecule has 3 N–H and O–H groups in total. The van der Waals surface area contributed by atoms with Crippen molar-refractivity contribution in [2.45, 2.75) is 43.9 Å². The topological polar surface area (TPSA) is 105 Å². The van der Waals surface area contributed by atoms with Crippen LogP contribution in [0.1, 0.15) is 59.0 Å². The highest BCUT2D eigenvalue weighted by Gasteiger charge is 2.42. The molecule has 2 saturated heterocycles. The molecule has 8 heteroatoms. The van der Waals surface area contributed by atoms with Crippen LogP contribution in [0.5, 0.6) is 0 Å². The van der Waals surface area contributed by atoms with E-state index < -0.39 is 11.5 Å². The first-order valence-electron chi connectivity index (χ1n) is 11.8. The highest BCUT2D eigenvalue weighted by atomic mass is 16.3. The van der Waals surface area contributed by atoms with E-state index in [-0.39, 0.29) is 11.9 Å². The van der Waals surface area contributed by atoms with Crippen LogP contribution >= 0.6 is 0 Å². The minimum atomic E-state index is -1.65. The second-order valence-corrected chi connectivity index (χ2v) is 9.76. The number of nitrogens with zero attached hydrogens (tertiary/aromatic N) is 4. The zero-order valence-corrected chi connectivity index (χ0v) is 19.2. The molecule has 8 nitrogen and oxygen atoms in total. The van der Waals surface area contributed by atoms with Gasteiger partial charge in [-0.15, -0.1) is 0 Å². The molecule has 1 aromatic heterocycles. The average molecular weight is 458 g/mol. The molecule has 174 valence electrons. The highest BCUT2D eigenvalue weighted by molar-refractivity contribution is 5.94. The van der Waals surface area contributed by atoms with E-state index in [1.165, 1.54) is 10.5 Å². The predicted molar refractivity (Wildman–Crippen MR) is 126 cm³/mol. The van der Waals surface area contributed by atoms with E-state index >= 15 is 0 Å². The van der Waals surface area contributed by atoms with Gasteiger partial charge in [0.2, 0.25) is 5.60 Å². The van der Waals surface area contributed by atoms with Gasteiger partial charge in [-0.3, -0.25) is 14.5 Å². The number of hydrogen-bond acceptors (Lipinski definition) is 5. The third-order valence-electron chi connectivity index (χ3n) is 7.50. The second kappa shape index (κ2) is 7.55. The third kappa shape index (κ3) is 3.19. The van der Waals surface area contributed by atoms with Crippen molar-refractivity contribution >= 4 is 17.4 Å². The molecule has 2 bridgehead atoms. The Hall–Kier alpha value is -3.41. The van der Waals surface area contributed by atoms with Crippen LogP contribution in [-0.4, -0.2) is 68.6 Å². The molecule has 0 radical (unpaired) electrons. The smallest absolute Gasteiger partial charge is 0.269 e. The normalized spacial score (nSPS) is 25.1. The molecule has 0 saturated carbocycles. The lowest BCUT2D eigenvalue weighted by atomic mass is 9.86. The zero-order chi connectivity index (χ0) is 23.6. The average Bonchev–Trinajstić information content (AvgIpc) is 3.45. The van der Waals surface area contributed by atoms with Crippen LogP contribution < -0.4 is 5.73 Å². The van der Waals surface area contributed by atoms with Crippen molar-refractivity contribution in [1.82, 2.24) is 19.4 Å². The summed E-state index contributed by atoms with van der Waals surface area (Å²) in [7, 11) is 1.67. The SMILES string of the molecule is CN1CC[C@@](O)(C#Cc2ccc3c(c2)-c2nc(C(N)=O)c(CN4CCCC4)n2C2C=C3C2)C1=O. The minimum Gasteiger partial charge on any atom is -0.369 e. The molecule has 7 rings (SSSR count). The van der Waals surface area contributed by atoms with E-state index in [1.807, 2.05) is 18.2 Å². The van der Waals surface area contributed by atoms with Gasteiger partial charge in [-0.1, -0.05) is 24.0 Å². The van der Waals surface area contributed by atoms with Gasteiger partial charge in [-0.25, -0.2) is 4.98 Å². The van der Waals surface area contributed by atoms with Gasteiger partial charge in [0.05, 0.1) is 11.7 Å². The second-order valence-electron chi connectivity index (χ2n) is 9.76. The number of hydrogen-bond donors (Lipinski definition) is 2. The van der Waals surface area contributed by atoms with Crippen LogP contribution in [0.2, 0.25) is 0 Å². The molecular formula is C26H27N5O3. The van der Waals surface area contributed by atoms with Crippen molar-refractivity contribution in [3.05, 3.63) is 46.8 Å². The van der Waals surface area contributed by atoms with Crippen LogP contribution in [0, 0.1) is 11.8 Å². The number of carbonyl (C=O) groups is 2. The number of imidazole rings is 1. The summed E-state index contributed by atoms with van der Waals surface area (Å²) in [5.41, 5.74) is 9.25. The number of amides is 2. The van der Waals surface area contributed by atoms with Crippen LogP contribution in [0.4, 0.5) is 0 Å². The van der Waals surface area contributed by atoms with Crippen LogP contribution in [0.3, 0.4) is 0 Å². The zero-order valence-electron chi connectivity index (χ0n) is 19.2. The van der Waals surface area contributed by atoms with Gasteiger partial charge in [0.25, 0.3) is 11.8 Å². The van der Waals surface area contributed by atoms with E-state index in [2.05, 4.69) is 27.4 Å². The van der Waals surface area contributed by atoms with Gasteiger partial charge in [0.1, 0.15) is 5.82 Å². The molecule has 1 aliphatic carbocycles. The van der Waals surface area contributed by atoms with E-state index in [0.717, 1.165) is 55.0 Å². The number of benzene rings is 1. The van der Waals surface area contributed by atoms with E-state index in [4.69, 9.17) is 10.7 Å². The Morgan fingerprint density at radius 3 is 2.71 bits per heavy atom. The van der Waals surface area contributed by atoms with Crippen molar-refractivity contribution in [1.29, 1.82) is 0 Å². The molecular weight excluding hydrogens is 430 g/mol. The molecule has 5 heterocycles. The van der Waals surface area contributed by atoms with Gasteiger partial charge in [-0.05, 0) is 55.6 Å². The molecule has 5 aliphatic rings. The Morgan fingerprint density at radius 1 is 1.26 bits per heavy atom. The first kappa shape index (κ1) is 21.1. The van der Waals surface area contributed by atoms with Crippen molar-refractivity contribution < 1.29 is 14.7 Å². The van der Waals surface area contributed by atoms with Crippen LogP contribution in [-0.2, 0) is 11.3 Å². The summed E-state index contributed by atoms with van der Waals surface area (Å²) in [6.07, 6.45) is 5.73. The maximum atomic E-state index is 12.4. The summed E-state index contributed by atoms with van der Waals surface area (Å²) in [6, 6.07) is 6.02. The van der Waals surface area contributed by atoms with Crippen molar-refractivity contribution in [3.8, 4) is 23.2 Å². The largest absolute Gasteiger partial charge is 0.369 e. The molecule has 1 aromatic carbocycles. The lowest BCUT2D eigenvalue weighted by Gasteiger charge is -2.27. The molecule has 34 heavy (non-hydrogen) atoms. The number of likely N-dealkylation sites (tertiary alicyclic amines) is 2. The minimum absolute atomic E-state index is 0.150. The summed E-state index contributed by atoms with van der Waals surface area (Å²) in [5.74, 6) is 5.65. The molecule has 4 aliphatic heterocycles. The summed E-state index contributed by atoms with van der Waals surface area (Å²) < 4.78 is 2.17. The standard InChI is InChI=1S/C26H27N5O3/c1-29-11-8-26(34,25(29)33)7-6-16-4-5-19-17-13-18(14-17)31-21(15-30-9-2-3-10-30)22(23(27)32)28-24(31)20(19)12-16/h4-5,12-13,18,34H,2-3,8-11,14-15H2,1H3,(H2,27,32)/t18?,26-/m0/s1. The fourth-order valence-electron chi connectivity index (χ4n) is 5.54. The number of aliphatic hydroxyl groups is 1. The van der Waals surface area contributed by atoms with E-state index in [0.29, 0.717) is 30.8 Å². The number of nitrogens with two attached hydrogens (primary N) is 1. The van der Waals surface area contributed by atoms with Gasteiger partial charge < -0.3 is 20.3 Å². The van der Waals surface area contributed by atoms with Crippen molar-refractivity contribution in [2.24, 2.45) is 5.73 Å². The summed E-state index contributed by atoms with van der Waals surface area (Å²) in [4.78, 5) is 33.3. The number of aromatic nitrogens is 2. The van der Waals surface area contributed by atoms with E-state index in [1.54, 1.807) is 7.05 Å². The van der Waals surface area contributed by atoms with Crippen molar-refractivity contribution in [2.75, 3.05) is 26.7 Å². The predicted octanol–water partition coefficient (Wildman–Crippen LogP) is 1.53. The maximum Gasteiger partial charge on any atom is 0.269 e. The Balaban J connectivity index is 1.44. The Morgan fingerprint density at radius 2 is 2.03 bits per heavy atom. The van der Waals surface area contributed by atoms with Crippen molar-refractivity contribution in [3.63, 3.8) is 0 Å². The van der Waals surface area contributed by atoms with E-state index in [9.17, 15) is 14.7 Å². The first-order valence-corrected chi connectivity index (χ1v) is 11.8. The quantitative estimate of drug-likeness (QED) is 0.681. The summed E-state index contributed by atoms with van der Waals surface area (Å²) in [5, 5.41) is 10.7. The molecule has 1 unspecified atom stereocenters. The van der Waals surface area contributed by atoms with Crippen LogP contribution in [0.25, 0.3) is 17.0 Å². The van der Waals surface area contributed by atoms with Gasteiger partial charge in [-0.2, -0.15) is 0 Å². The van der Waals surface area contributed by atoms with Crippen LogP contribution in [0.15, 0.2) is 24.3 Å². The molecule has 2 amide bonds. The number of allylic oxidation sites excluding steroid dienone is 2. The first-order chi connectivity index (χ1) is 16.3. The third-order valence-corrected chi connectivity index (χ3v) is 7.50. The number of primary amides is 1. The number of rotatable bonds is 3. The van der Waals surface area contributed by atoms with Gasteiger partial charge in [0.15, 0.2) is 5.69 Å². The fraction of sp³-hybridized carbons (Fsp3) is 0.423. The lowest BCUT2D eigenvalue weighted by Crippen LogP contribution is -2.37. The molecule has 0 spiro atoms.